The van der Waals surface area contributed by atoms with Crippen molar-refractivity contribution in [1.82, 2.24) is 0 Å². The van der Waals surface area contributed by atoms with E-state index in [1.807, 2.05) is 24.3 Å². The Kier molecular flexibility index (Phi) is 4.29. The zero-order chi connectivity index (χ0) is 12.1. The first-order valence-corrected chi connectivity index (χ1v) is 6.63. The van der Waals surface area contributed by atoms with Gasteiger partial charge >= 0.3 is 0 Å². The lowest BCUT2D eigenvalue weighted by Gasteiger charge is -2.09. The smallest absolute Gasteiger partial charge is 0.106 e. The van der Waals surface area contributed by atoms with Gasteiger partial charge in [0.2, 0.25) is 0 Å². The molecule has 2 rings (SSSR count). The van der Waals surface area contributed by atoms with Crippen LogP contribution in [0.5, 0.6) is 0 Å². The van der Waals surface area contributed by atoms with E-state index < -0.39 is 0 Å². The highest BCUT2D eigenvalue weighted by atomic mass is 32.2. The molecular weight excluding hydrogens is 232 g/mol. The molecule has 2 nitrogen and oxygen atoms in total. The second kappa shape index (κ2) is 5.94. The average molecular weight is 248 g/mol. The number of hydrogen-bond donors (Lipinski definition) is 1. The van der Waals surface area contributed by atoms with Crippen LogP contribution in [0.25, 0.3) is 0 Å². The molecule has 0 fully saturated rings. The van der Waals surface area contributed by atoms with Gasteiger partial charge in [-0.1, -0.05) is 18.2 Å². The Morgan fingerprint density at radius 3 is 2.76 bits per heavy atom. The molecule has 0 amide bonds. The van der Waals surface area contributed by atoms with Gasteiger partial charge in [-0.15, -0.1) is 11.8 Å². The van der Waals surface area contributed by atoms with Gasteiger partial charge in [-0.25, -0.2) is 0 Å². The Labute approximate surface area is 106 Å². The molecule has 2 aromatic rings. The quantitative estimate of drug-likeness (QED) is 0.824. The van der Waals surface area contributed by atoms with Gasteiger partial charge < -0.3 is 9.52 Å². The van der Waals surface area contributed by atoms with E-state index in [2.05, 4.69) is 19.1 Å². The molecule has 0 saturated carbocycles. The van der Waals surface area contributed by atoms with Crippen LogP contribution < -0.4 is 0 Å². The van der Waals surface area contributed by atoms with Crippen LogP contribution in [0.1, 0.15) is 11.3 Å². The molecule has 1 atom stereocenters. The second-order valence-corrected chi connectivity index (χ2v) is 5.08. The summed E-state index contributed by atoms with van der Waals surface area (Å²) in [6, 6.07) is 12.0. The Morgan fingerprint density at radius 2 is 2.06 bits per heavy atom. The Bertz CT molecular complexity index is 451. The molecule has 0 radical (unpaired) electrons. The minimum atomic E-state index is -0.370. The van der Waals surface area contributed by atoms with E-state index in [0.717, 1.165) is 5.76 Å². The lowest BCUT2D eigenvalue weighted by molar-refractivity contribution is 0.192. The summed E-state index contributed by atoms with van der Waals surface area (Å²) in [6.07, 6.45) is 1.84. The van der Waals surface area contributed by atoms with E-state index in [1.54, 1.807) is 18.0 Å². The molecular formula is C14H16O2S. The predicted octanol–water partition coefficient (Wildman–Crippen LogP) is 3.28. The molecule has 0 saturated heterocycles. The second-order valence-electron chi connectivity index (χ2n) is 4.01. The topological polar surface area (TPSA) is 33.4 Å². The highest BCUT2D eigenvalue weighted by Gasteiger charge is 2.09. The summed E-state index contributed by atoms with van der Waals surface area (Å²) < 4.78 is 5.21. The molecule has 3 heteroatoms. The fourth-order valence-corrected chi connectivity index (χ4v) is 2.58. The summed E-state index contributed by atoms with van der Waals surface area (Å²) in [5.74, 6) is 1.52. The fourth-order valence-electron chi connectivity index (χ4n) is 1.62. The number of thioether (sulfide) groups is 1. The van der Waals surface area contributed by atoms with E-state index >= 15 is 0 Å². The van der Waals surface area contributed by atoms with E-state index in [1.165, 1.54) is 10.5 Å². The number of aliphatic hydroxyl groups is 1. The first kappa shape index (κ1) is 12.3. The van der Waals surface area contributed by atoms with Crippen LogP contribution >= 0.6 is 11.8 Å². The van der Waals surface area contributed by atoms with Crippen molar-refractivity contribution in [3.63, 3.8) is 0 Å². The molecule has 0 aliphatic carbocycles. The van der Waals surface area contributed by atoms with Gasteiger partial charge in [0.1, 0.15) is 5.76 Å². The number of benzene rings is 1. The van der Waals surface area contributed by atoms with Crippen molar-refractivity contribution in [3.05, 3.63) is 54.0 Å². The number of rotatable bonds is 5. The minimum Gasteiger partial charge on any atom is -0.469 e. The summed E-state index contributed by atoms with van der Waals surface area (Å²) in [5, 5.41) is 9.89. The van der Waals surface area contributed by atoms with Gasteiger partial charge in [0.05, 0.1) is 12.4 Å². The summed E-state index contributed by atoms with van der Waals surface area (Å²) in [5.41, 5.74) is 1.25. The standard InChI is InChI=1S/C14H16O2S/c1-11-5-2-3-7-14(11)17-10-12(15)9-13-6-4-8-16-13/h2-8,12,15H,9-10H2,1H3. The normalized spacial score (nSPS) is 12.6. The molecule has 0 bridgehead atoms. The molecule has 0 spiro atoms. The van der Waals surface area contributed by atoms with Crippen molar-refractivity contribution in [2.75, 3.05) is 5.75 Å². The lowest BCUT2D eigenvalue weighted by Crippen LogP contribution is -2.13. The molecule has 17 heavy (non-hydrogen) atoms. The van der Waals surface area contributed by atoms with Gasteiger partial charge in [-0.2, -0.15) is 0 Å². The highest BCUT2D eigenvalue weighted by molar-refractivity contribution is 7.99. The van der Waals surface area contributed by atoms with Crippen LogP contribution in [-0.4, -0.2) is 17.0 Å². The molecule has 1 aromatic carbocycles. The molecule has 0 aliphatic rings. The number of aryl methyl sites for hydroxylation is 1. The minimum absolute atomic E-state index is 0.370. The highest BCUT2D eigenvalue weighted by Crippen LogP contribution is 2.23. The Morgan fingerprint density at radius 1 is 1.24 bits per heavy atom. The first-order valence-electron chi connectivity index (χ1n) is 5.64. The van der Waals surface area contributed by atoms with Gasteiger partial charge in [0.15, 0.2) is 0 Å². The van der Waals surface area contributed by atoms with E-state index in [0.29, 0.717) is 12.2 Å². The molecule has 1 unspecified atom stereocenters. The Hall–Kier alpha value is -1.19. The van der Waals surface area contributed by atoms with Crippen molar-refractivity contribution in [2.45, 2.75) is 24.3 Å². The largest absolute Gasteiger partial charge is 0.469 e. The van der Waals surface area contributed by atoms with Crippen LogP contribution in [0.15, 0.2) is 52.0 Å². The van der Waals surface area contributed by atoms with E-state index in [-0.39, 0.29) is 6.10 Å². The van der Waals surface area contributed by atoms with Gasteiger partial charge in [0.25, 0.3) is 0 Å². The Balaban J connectivity index is 1.84. The van der Waals surface area contributed by atoms with Crippen LogP contribution in [0, 0.1) is 6.92 Å². The third-order valence-electron chi connectivity index (χ3n) is 2.54. The maximum absolute atomic E-state index is 9.89. The maximum Gasteiger partial charge on any atom is 0.106 e. The molecule has 1 N–H and O–H groups in total. The summed E-state index contributed by atoms with van der Waals surface area (Å²) in [6.45, 7) is 2.08. The fraction of sp³-hybridized carbons (Fsp3) is 0.286. The van der Waals surface area contributed by atoms with Crippen LogP contribution in [-0.2, 0) is 6.42 Å². The third-order valence-corrected chi connectivity index (χ3v) is 3.86. The SMILES string of the molecule is Cc1ccccc1SCC(O)Cc1ccco1. The van der Waals surface area contributed by atoms with Crippen molar-refractivity contribution in [2.24, 2.45) is 0 Å². The van der Waals surface area contributed by atoms with Crippen molar-refractivity contribution in [1.29, 1.82) is 0 Å². The monoisotopic (exact) mass is 248 g/mol. The molecule has 0 aliphatic heterocycles. The van der Waals surface area contributed by atoms with Crippen molar-refractivity contribution >= 4 is 11.8 Å². The zero-order valence-electron chi connectivity index (χ0n) is 9.80. The van der Waals surface area contributed by atoms with Crippen LogP contribution in [0.3, 0.4) is 0 Å². The van der Waals surface area contributed by atoms with Gasteiger partial charge in [-0.3, -0.25) is 0 Å². The molecule has 1 aromatic heterocycles. The van der Waals surface area contributed by atoms with Crippen molar-refractivity contribution < 1.29 is 9.52 Å². The number of aliphatic hydroxyl groups excluding tert-OH is 1. The summed E-state index contributed by atoms with van der Waals surface area (Å²) >= 11 is 1.69. The number of hydrogen-bond acceptors (Lipinski definition) is 3. The van der Waals surface area contributed by atoms with Gasteiger partial charge in [-0.05, 0) is 30.7 Å². The molecule has 90 valence electrons. The zero-order valence-corrected chi connectivity index (χ0v) is 10.6. The molecule has 1 heterocycles. The summed E-state index contributed by atoms with van der Waals surface area (Å²) in [4.78, 5) is 1.23. The first-order chi connectivity index (χ1) is 8.25. The van der Waals surface area contributed by atoms with E-state index in [9.17, 15) is 5.11 Å². The van der Waals surface area contributed by atoms with Gasteiger partial charge in [0, 0.05) is 17.1 Å². The maximum atomic E-state index is 9.89. The third kappa shape index (κ3) is 3.65. The predicted molar refractivity (Wildman–Crippen MR) is 70.3 cm³/mol. The lowest BCUT2D eigenvalue weighted by atomic mass is 10.2. The van der Waals surface area contributed by atoms with Crippen molar-refractivity contribution in [3.8, 4) is 0 Å². The van der Waals surface area contributed by atoms with Crippen LogP contribution in [0.4, 0.5) is 0 Å². The van der Waals surface area contributed by atoms with Crippen LogP contribution in [0.2, 0.25) is 0 Å². The summed E-state index contributed by atoms with van der Waals surface area (Å²) in [7, 11) is 0. The number of furan rings is 1. The van der Waals surface area contributed by atoms with E-state index in [4.69, 9.17) is 4.42 Å². The average Bonchev–Trinajstić information content (AvgIpc) is 2.81.